The van der Waals surface area contributed by atoms with Crippen LogP contribution in [0, 0.1) is 5.41 Å². The molecule has 86 valence electrons. The number of hydrogen-bond acceptors (Lipinski definition) is 3. The second-order valence-corrected chi connectivity index (χ2v) is 7.06. The minimum atomic E-state index is -3.25. The Kier molecular flexibility index (Phi) is 2.04. The molecule has 3 rings (SSSR count). The third-order valence-electron chi connectivity index (χ3n) is 3.39. The lowest BCUT2D eigenvalue weighted by atomic mass is 10.1. The topological polar surface area (TPSA) is 46.2 Å². The monoisotopic (exact) mass is 257 g/mol. The number of anilines is 1. The first-order chi connectivity index (χ1) is 7.53. The average Bonchev–Trinajstić information content (AvgIpc) is 2.95. The molecule has 1 heterocycles. The molecule has 1 aliphatic carbocycles. The van der Waals surface area contributed by atoms with Crippen LogP contribution in [0.15, 0.2) is 23.1 Å². The lowest BCUT2D eigenvalue weighted by Crippen LogP contribution is -2.20. The number of fused-ring (bicyclic) bond motifs is 1. The van der Waals surface area contributed by atoms with Gasteiger partial charge in [0, 0.05) is 12.0 Å². The zero-order valence-corrected chi connectivity index (χ0v) is 10.2. The Balaban J connectivity index is 2.20. The SMILES string of the molecule is O=S1(=O)CC2(CC2)CNc2cccc(Cl)c21. The van der Waals surface area contributed by atoms with E-state index in [1.54, 1.807) is 18.2 Å². The Labute approximate surface area is 99.7 Å². The van der Waals surface area contributed by atoms with Crippen molar-refractivity contribution in [2.24, 2.45) is 5.41 Å². The Morgan fingerprint density at radius 3 is 2.75 bits per heavy atom. The minimum Gasteiger partial charge on any atom is -0.383 e. The molecule has 1 N–H and O–H groups in total. The number of halogens is 1. The fourth-order valence-electron chi connectivity index (χ4n) is 2.27. The summed E-state index contributed by atoms with van der Waals surface area (Å²) in [4.78, 5) is 0.278. The highest BCUT2D eigenvalue weighted by Crippen LogP contribution is 2.50. The van der Waals surface area contributed by atoms with Gasteiger partial charge in [-0.25, -0.2) is 8.42 Å². The fourth-order valence-corrected chi connectivity index (χ4v) is 4.98. The summed E-state index contributed by atoms with van der Waals surface area (Å²) in [6.45, 7) is 0.736. The van der Waals surface area contributed by atoms with Crippen molar-refractivity contribution in [3.8, 4) is 0 Å². The predicted octanol–water partition coefficient (Wildman–Crippen LogP) is 2.32. The van der Waals surface area contributed by atoms with E-state index in [0.717, 1.165) is 19.4 Å². The van der Waals surface area contributed by atoms with E-state index in [4.69, 9.17) is 11.6 Å². The van der Waals surface area contributed by atoms with Crippen LogP contribution in [0.4, 0.5) is 5.69 Å². The number of nitrogens with one attached hydrogen (secondary N) is 1. The molecule has 0 bridgehead atoms. The highest BCUT2D eigenvalue weighted by atomic mass is 35.5. The summed E-state index contributed by atoms with van der Waals surface area (Å²) in [5.41, 5.74) is 0.609. The minimum absolute atomic E-state index is 0.0405. The number of benzene rings is 1. The Morgan fingerprint density at radius 1 is 1.31 bits per heavy atom. The largest absolute Gasteiger partial charge is 0.383 e. The molecule has 3 nitrogen and oxygen atoms in total. The first-order valence-corrected chi connectivity index (χ1v) is 7.31. The first-order valence-electron chi connectivity index (χ1n) is 5.28. The molecule has 0 amide bonds. The normalized spacial score (nSPS) is 24.3. The maximum atomic E-state index is 12.2. The van der Waals surface area contributed by atoms with Gasteiger partial charge in [0.2, 0.25) is 0 Å². The Morgan fingerprint density at radius 2 is 2.06 bits per heavy atom. The maximum Gasteiger partial charge on any atom is 0.182 e. The van der Waals surface area contributed by atoms with Crippen LogP contribution in [0.25, 0.3) is 0 Å². The van der Waals surface area contributed by atoms with Crippen LogP contribution in [-0.4, -0.2) is 20.7 Å². The molecular weight excluding hydrogens is 246 g/mol. The lowest BCUT2D eigenvalue weighted by Gasteiger charge is -2.09. The van der Waals surface area contributed by atoms with Crippen molar-refractivity contribution >= 4 is 27.1 Å². The first kappa shape index (κ1) is 10.4. The van der Waals surface area contributed by atoms with Gasteiger partial charge in [-0.15, -0.1) is 0 Å². The van der Waals surface area contributed by atoms with E-state index in [9.17, 15) is 8.42 Å². The molecule has 1 aromatic carbocycles. The maximum absolute atomic E-state index is 12.2. The van der Waals surface area contributed by atoms with Gasteiger partial charge >= 0.3 is 0 Å². The van der Waals surface area contributed by atoms with Gasteiger partial charge in [-0.2, -0.15) is 0 Å². The summed E-state index contributed by atoms with van der Waals surface area (Å²) in [5, 5.41) is 3.53. The van der Waals surface area contributed by atoms with Crippen molar-refractivity contribution in [3.05, 3.63) is 23.2 Å². The van der Waals surface area contributed by atoms with Crippen LogP contribution < -0.4 is 5.32 Å². The lowest BCUT2D eigenvalue weighted by molar-refractivity contribution is 0.562. The smallest absolute Gasteiger partial charge is 0.182 e. The molecule has 1 aromatic rings. The van der Waals surface area contributed by atoms with Gasteiger partial charge in [-0.1, -0.05) is 17.7 Å². The van der Waals surface area contributed by atoms with E-state index in [2.05, 4.69) is 5.32 Å². The van der Waals surface area contributed by atoms with Gasteiger partial charge in [-0.05, 0) is 25.0 Å². The number of sulfone groups is 1. The van der Waals surface area contributed by atoms with Crippen molar-refractivity contribution in [1.82, 2.24) is 0 Å². The molecule has 0 radical (unpaired) electrons. The Bertz CT molecular complexity index is 549. The number of rotatable bonds is 0. The molecule has 0 unspecified atom stereocenters. The third kappa shape index (κ3) is 1.52. The zero-order valence-electron chi connectivity index (χ0n) is 8.66. The van der Waals surface area contributed by atoms with Crippen molar-refractivity contribution in [3.63, 3.8) is 0 Å². The summed E-state index contributed by atoms with van der Waals surface area (Å²) in [6.07, 6.45) is 1.98. The zero-order chi connectivity index (χ0) is 11.4. The van der Waals surface area contributed by atoms with Crippen molar-refractivity contribution in [2.45, 2.75) is 17.7 Å². The number of hydrogen-bond donors (Lipinski definition) is 1. The third-order valence-corrected chi connectivity index (χ3v) is 5.87. The quantitative estimate of drug-likeness (QED) is 0.776. The van der Waals surface area contributed by atoms with Crippen molar-refractivity contribution in [1.29, 1.82) is 0 Å². The summed E-state index contributed by atoms with van der Waals surface area (Å²) >= 11 is 5.99. The van der Waals surface area contributed by atoms with Crippen molar-refractivity contribution < 1.29 is 8.42 Å². The molecule has 5 heteroatoms. The van der Waals surface area contributed by atoms with E-state index in [0.29, 0.717) is 10.7 Å². The van der Waals surface area contributed by atoms with Crippen LogP contribution in [0.1, 0.15) is 12.8 Å². The van der Waals surface area contributed by atoms with Gasteiger partial charge in [-0.3, -0.25) is 0 Å². The fraction of sp³-hybridized carbons (Fsp3) is 0.455. The molecule has 1 fully saturated rings. The summed E-state index contributed by atoms with van der Waals surface area (Å²) in [6, 6.07) is 5.18. The molecule has 16 heavy (non-hydrogen) atoms. The molecule has 1 aliphatic heterocycles. The van der Waals surface area contributed by atoms with Gasteiger partial charge < -0.3 is 5.32 Å². The molecule has 0 aromatic heterocycles. The van der Waals surface area contributed by atoms with Gasteiger partial charge in [0.25, 0.3) is 0 Å². The van der Waals surface area contributed by atoms with Crippen molar-refractivity contribution in [2.75, 3.05) is 17.6 Å². The van der Waals surface area contributed by atoms with E-state index in [1.165, 1.54) is 0 Å². The summed E-state index contributed by atoms with van der Waals surface area (Å²) < 4.78 is 24.5. The van der Waals surface area contributed by atoms with E-state index in [-0.39, 0.29) is 16.1 Å². The summed E-state index contributed by atoms with van der Waals surface area (Å²) in [7, 11) is -3.25. The van der Waals surface area contributed by atoms with Gasteiger partial charge in [0.15, 0.2) is 9.84 Å². The highest BCUT2D eigenvalue weighted by molar-refractivity contribution is 7.91. The van der Waals surface area contributed by atoms with E-state index >= 15 is 0 Å². The highest BCUT2D eigenvalue weighted by Gasteiger charge is 2.48. The molecular formula is C11H12ClNO2S. The van der Waals surface area contributed by atoms with Crippen LogP contribution >= 0.6 is 11.6 Å². The van der Waals surface area contributed by atoms with E-state index < -0.39 is 9.84 Å². The molecule has 0 atom stereocenters. The van der Waals surface area contributed by atoms with Crippen LogP contribution in [0.5, 0.6) is 0 Å². The molecule has 1 spiro atoms. The molecule has 2 aliphatic rings. The van der Waals surface area contributed by atoms with E-state index in [1.807, 2.05) is 0 Å². The molecule has 1 saturated carbocycles. The van der Waals surface area contributed by atoms with Gasteiger partial charge in [0.05, 0.1) is 16.5 Å². The van der Waals surface area contributed by atoms with Crippen LogP contribution in [0.2, 0.25) is 5.02 Å². The second kappa shape index (κ2) is 3.14. The van der Waals surface area contributed by atoms with Crippen LogP contribution in [-0.2, 0) is 9.84 Å². The second-order valence-electron chi connectivity index (χ2n) is 4.73. The summed E-state index contributed by atoms with van der Waals surface area (Å²) in [5.74, 6) is 0.226. The van der Waals surface area contributed by atoms with Gasteiger partial charge in [0.1, 0.15) is 4.90 Å². The standard InChI is InChI=1S/C11H12ClNO2S/c12-8-2-1-3-9-10(8)16(14,15)7-11(4-5-11)6-13-9/h1-3,13H,4-7H2. The average molecular weight is 258 g/mol. The Hall–Kier alpha value is -0.740. The molecule has 0 saturated heterocycles. The van der Waals surface area contributed by atoms with Crippen LogP contribution in [0.3, 0.4) is 0 Å². The predicted molar refractivity (Wildman–Crippen MR) is 63.7 cm³/mol.